The summed E-state index contributed by atoms with van der Waals surface area (Å²) in [5.41, 5.74) is 5.85. The van der Waals surface area contributed by atoms with Crippen LogP contribution >= 0.6 is 11.6 Å². The predicted molar refractivity (Wildman–Crippen MR) is 104 cm³/mol. The molecule has 3 heteroatoms. The molecule has 0 aliphatic heterocycles. The molecule has 0 spiro atoms. The highest BCUT2D eigenvalue weighted by atomic mass is 35.5. The van der Waals surface area contributed by atoms with Crippen LogP contribution in [0.4, 0.5) is 0 Å². The number of aromatic nitrogens is 2. The van der Waals surface area contributed by atoms with Gasteiger partial charge in [-0.25, -0.2) is 0 Å². The van der Waals surface area contributed by atoms with Crippen molar-refractivity contribution in [2.24, 2.45) is 0 Å². The maximum absolute atomic E-state index is 6.64. The second-order valence-electron chi connectivity index (χ2n) is 6.40. The molecule has 0 aliphatic rings. The average Bonchev–Trinajstić information content (AvgIpc) is 3.06. The van der Waals surface area contributed by atoms with Crippen molar-refractivity contribution in [3.05, 3.63) is 100 Å². The van der Waals surface area contributed by atoms with Crippen molar-refractivity contribution in [1.29, 1.82) is 0 Å². The smallest absolute Gasteiger partial charge is 0.0717 e. The molecular weight excluding hydrogens is 328 g/mol. The van der Waals surface area contributed by atoms with Gasteiger partial charge >= 0.3 is 0 Å². The van der Waals surface area contributed by atoms with Crippen LogP contribution in [0.1, 0.15) is 22.4 Å². The van der Waals surface area contributed by atoms with Crippen LogP contribution in [0.5, 0.6) is 0 Å². The van der Waals surface area contributed by atoms with Crippen LogP contribution in [-0.2, 0) is 13.0 Å². The fraction of sp³-hybridized carbons (Fsp3) is 0.136. The van der Waals surface area contributed by atoms with E-state index in [1.54, 1.807) is 0 Å². The number of para-hydroxylation sites is 1. The summed E-state index contributed by atoms with van der Waals surface area (Å²) in [7, 11) is 0. The maximum atomic E-state index is 6.64. The summed E-state index contributed by atoms with van der Waals surface area (Å²) in [5.74, 6) is 0. The molecule has 0 radical (unpaired) electrons. The van der Waals surface area contributed by atoms with Gasteiger partial charge in [-0.15, -0.1) is 0 Å². The standard InChI is InChI=1S/C22H19ClN2/c1-16-8-10-17(11-9-16)13-19-5-4-12-25(19)15-18-14-24-21-7-3-2-6-20(21)22(18)23/h2-12,14H,13,15H2,1H3. The fourth-order valence-corrected chi connectivity index (χ4v) is 3.39. The second-order valence-corrected chi connectivity index (χ2v) is 6.78. The molecule has 0 bridgehead atoms. The Morgan fingerprint density at radius 1 is 0.960 bits per heavy atom. The van der Waals surface area contributed by atoms with Gasteiger partial charge in [-0.3, -0.25) is 4.98 Å². The van der Waals surface area contributed by atoms with Crippen LogP contribution in [0.25, 0.3) is 10.9 Å². The molecule has 124 valence electrons. The van der Waals surface area contributed by atoms with Crippen molar-refractivity contribution in [1.82, 2.24) is 9.55 Å². The minimum absolute atomic E-state index is 0.727. The van der Waals surface area contributed by atoms with Crippen LogP contribution < -0.4 is 0 Å². The van der Waals surface area contributed by atoms with E-state index in [1.807, 2.05) is 30.5 Å². The first-order valence-corrected chi connectivity index (χ1v) is 8.80. The topological polar surface area (TPSA) is 17.8 Å². The van der Waals surface area contributed by atoms with Gasteiger partial charge in [0.1, 0.15) is 0 Å². The van der Waals surface area contributed by atoms with Gasteiger partial charge in [0.2, 0.25) is 0 Å². The number of hydrogen-bond donors (Lipinski definition) is 0. The highest BCUT2D eigenvalue weighted by Gasteiger charge is 2.09. The SMILES string of the molecule is Cc1ccc(Cc2cccn2Cc2cnc3ccccc3c2Cl)cc1. The molecule has 0 atom stereocenters. The monoisotopic (exact) mass is 346 g/mol. The van der Waals surface area contributed by atoms with Gasteiger partial charge in [-0.05, 0) is 30.7 Å². The van der Waals surface area contributed by atoms with E-state index in [4.69, 9.17) is 11.6 Å². The number of nitrogens with zero attached hydrogens (tertiary/aromatic N) is 2. The summed E-state index contributed by atoms with van der Waals surface area (Å²) in [6.45, 7) is 2.84. The molecule has 2 heterocycles. The lowest BCUT2D eigenvalue weighted by Gasteiger charge is -2.12. The van der Waals surface area contributed by atoms with Crippen LogP contribution in [-0.4, -0.2) is 9.55 Å². The van der Waals surface area contributed by atoms with Crippen molar-refractivity contribution in [2.45, 2.75) is 19.9 Å². The normalized spacial score (nSPS) is 11.1. The molecule has 4 rings (SSSR count). The van der Waals surface area contributed by atoms with Gasteiger partial charge in [0.05, 0.1) is 17.1 Å². The maximum Gasteiger partial charge on any atom is 0.0717 e. The number of aryl methyl sites for hydroxylation is 1. The lowest BCUT2D eigenvalue weighted by molar-refractivity contribution is 0.757. The summed E-state index contributed by atoms with van der Waals surface area (Å²) < 4.78 is 2.25. The summed E-state index contributed by atoms with van der Waals surface area (Å²) in [4.78, 5) is 4.55. The molecule has 0 fully saturated rings. The molecule has 0 amide bonds. The quantitative estimate of drug-likeness (QED) is 0.467. The summed E-state index contributed by atoms with van der Waals surface area (Å²) in [6.07, 6.45) is 4.90. The van der Waals surface area contributed by atoms with Crippen LogP contribution in [0.3, 0.4) is 0 Å². The number of rotatable bonds is 4. The molecule has 0 aliphatic carbocycles. The van der Waals surface area contributed by atoms with Gasteiger partial charge in [0.15, 0.2) is 0 Å². The van der Waals surface area contributed by atoms with E-state index >= 15 is 0 Å². The van der Waals surface area contributed by atoms with Crippen molar-refractivity contribution >= 4 is 22.5 Å². The third-order valence-electron chi connectivity index (χ3n) is 4.55. The molecule has 0 saturated carbocycles. The van der Waals surface area contributed by atoms with E-state index in [0.717, 1.165) is 34.5 Å². The largest absolute Gasteiger partial charge is 0.347 e. The highest BCUT2D eigenvalue weighted by Crippen LogP contribution is 2.26. The zero-order valence-electron chi connectivity index (χ0n) is 14.1. The Balaban J connectivity index is 1.63. The molecule has 4 aromatic rings. The fourth-order valence-electron chi connectivity index (χ4n) is 3.12. The first-order chi connectivity index (χ1) is 12.2. The third kappa shape index (κ3) is 3.31. The van der Waals surface area contributed by atoms with Gasteiger partial charge < -0.3 is 4.57 Å². The lowest BCUT2D eigenvalue weighted by atomic mass is 10.1. The average molecular weight is 347 g/mol. The number of halogens is 1. The van der Waals surface area contributed by atoms with E-state index < -0.39 is 0 Å². The minimum Gasteiger partial charge on any atom is -0.347 e. The number of hydrogen-bond acceptors (Lipinski definition) is 1. The molecule has 2 aromatic heterocycles. The first kappa shape index (κ1) is 15.9. The summed E-state index contributed by atoms with van der Waals surface area (Å²) >= 11 is 6.64. The lowest BCUT2D eigenvalue weighted by Crippen LogP contribution is -2.05. The third-order valence-corrected chi connectivity index (χ3v) is 5.00. The Morgan fingerprint density at radius 3 is 2.60 bits per heavy atom. The first-order valence-electron chi connectivity index (χ1n) is 8.42. The molecular formula is C22H19ClN2. The van der Waals surface area contributed by atoms with Crippen molar-refractivity contribution in [2.75, 3.05) is 0 Å². The second kappa shape index (κ2) is 6.73. The summed E-state index contributed by atoms with van der Waals surface area (Å²) in [5, 5.41) is 1.80. The van der Waals surface area contributed by atoms with Crippen molar-refractivity contribution in [3.63, 3.8) is 0 Å². The molecule has 2 nitrogen and oxygen atoms in total. The van der Waals surface area contributed by atoms with Gasteiger partial charge in [0, 0.05) is 35.5 Å². The van der Waals surface area contributed by atoms with Gasteiger partial charge in [-0.1, -0.05) is 59.6 Å². The van der Waals surface area contributed by atoms with Crippen molar-refractivity contribution < 1.29 is 0 Å². The van der Waals surface area contributed by atoms with Gasteiger partial charge in [0.25, 0.3) is 0 Å². The molecule has 0 N–H and O–H groups in total. The Hall–Kier alpha value is -2.58. The Labute approximate surface area is 152 Å². The van der Waals surface area contributed by atoms with Gasteiger partial charge in [-0.2, -0.15) is 0 Å². The van der Waals surface area contributed by atoms with E-state index in [-0.39, 0.29) is 0 Å². The highest BCUT2D eigenvalue weighted by molar-refractivity contribution is 6.36. The molecule has 2 aromatic carbocycles. The van der Waals surface area contributed by atoms with Crippen LogP contribution in [0.15, 0.2) is 73.1 Å². The number of benzene rings is 2. The van der Waals surface area contributed by atoms with E-state index in [0.29, 0.717) is 0 Å². The molecule has 25 heavy (non-hydrogen) atoms. The van der Waals surface area contributed by atoms with Crippen LogP contribution in [0.2, 0.25) is 5.02 Å². The van der Waals surface area contributed by atoms with Crippen molar-refractivity contribution in [3.8, 4) is 0 Å². The number of fused-ring (bicyclic) bond motifs is 1. The Morgan fingerprint density at radius 2 is 1.76 bits per heavy atom. The number of pyridine rings is 1. The van der Waals surface area contributed by atoms with E-state index in [9.17, 15) is 0 Å². The Bertz CT molecular complexity index is 1020. The van der Waals surface area contributed by atoms with Crippen LogP contribution in [0, 0.1) is 6.92 Å². The Kier molecular flexibility index (Phi) is 4.29. The summed E-state index contributed by atoms with van der Waals surface area (Å²) in [6, 6.07) is 21.0. The zero-order chi connectivity index (χ0) is 17.2. The minimum atomic E-state index is 0.727. The molecule has 0 unspecified atom stereocenters. The van der Waals surface area contributed by atoms with E-state index in [2.05, 4.69) is 59.1 Å². The van der Waals surface area contributed by atoms with E-state index in [1.165, 1.54) is 16.8 Å². The predicted octanol–water partition coefficient (Wildman–Crippen LogP) is 5.64. The molecule has 0 saturated heterocycles. The zero-order valence-corrected chi connectivity index (χ0v) is 14.9.